The zero-order chi connectivity index (χ0) is 15.4. The van der Waals surface area contributed by atoms with Gasteiger partial charge >= 0.3 is 0 Å². The van der Waals surface area contributed by atoms with Crippen LogP contribution in [0, 0.1) is 11.3 Å². The third-order valence-electron chi connectivity index (χ3n) is 5.18. The van der Waals surface area contributed by atoms with Crippen molar-refractivity contribution in [1.82, 2.24) is 10.2 Å². The van der Waals surface area contributed by atoms with E-state index in [1.54, 1.807) is 0 Å². The van der Waals surface area contributed by atoms with E-state index in [0.29, 0.717) is 6.54 Å². The largest absolute Gasteiger partial charge is 0.341 e. The smallest absolute Gasteiger partial charge is 0.236 e. The molecule has 23 heavy (non-hydrogen) atoms. The van der Waals surface area contributed by atoms with Crippen LogP contribution in [0.2, 0.25) is 0 Å². The summed E-state index contributed by atoms with van der Waals surface area (Å²) in [7, 11) is 0. The Bertz CT molecular complexity index is 503. The highest BCUT2D eigenvalue weighted by atomic mass is 35.5. The van der Waals surface area contributed by atoms with E-state index in [4.69, 9.17) is 0 Å². The number of halogens is 1. The lowest BCUT2D eigenvalue weighted by Gasteiger charge is -2.25. The molecule has 1 aromatic carbocycles. The molecule has 1 aromatic rings. The SMILES string of the molecule is CC1(CCc2ccccc2)CCN(C(=O)CNCC2CC2)C1.Cl. The van der Waals surface area contributed by atoms with E-state index in [1.807, 2.05) is 0 Å². The number of likely N-dealkylation sites (tertiary alicyclic amines) is 1. The lowest BCUT2D eigenvalue weighted by atomic mass is 9.83. The summed E-state index contributed by atoms with van der Waals surface area (Å²) in [5.41, 5.74) is 1.68. The van der Waals surface area contributed by atoms with Gasteiger partial charge in [-0.15, -0.1) is 12.4 Å². The summed E-state index contributed by atoms with van der Waals surface area (Å²) in [6.45, 7) is 5.72. The molecule has 1 saturated carbocycles. The summed E-state index contributed by atoms with van der Waals surface area (Å²) in [6, 6.07) is 10.7. The molecule has 1 heterocycles. The summed E-state index contributed by atoms with van der Waals surface area (Å²) in [6.07, 6.45) is 6.08. The summed E-state index contributed by atoms with van der Waals surface area (Å²) < 4.78 is 0. The molecule has 4 heteroatoms. The first-order chi connectivity index (χ1) is 10.6. The van der Waals surface area contributed by atoms with Crippen molar-refractivity contribution in [2.24, 2.45) is 11.3 Å². The zero-order valence-electron chi connectivity index (χ0n) is 14.1. The Balaban J connectivity index is 0.00000192. The van der Waals surface area contributed by atoms with Crippen LogP contribution < -0.4 is 5.32 Å². The summed E-state index contributed by atoms with van der Waals surface area (Å²) in [5, 5.41) is 3.32. The molecule has 0 bridgehead atoms. The van der Waals surface area contributed by atoms with Crippen molar-refractivity contribution in [2.75, 3.05) is 26.2 Å². The summed E-state index contributed by atoms with van der Waals surface area (Å²) >= 11 is 0. The van der Waals surface area contributed by atoms with Crippen LogP contribution in [-0.4, -0.2) is 37.0 Å². The molecule has 1 aliphatic heterocycles. The van der Waals surface area contributed by atoms with Crippen molar-refractivity contribution in [3.8, 4) is 0 Å². The molecule has 0 spiro atoms. The van der Waals surface area contributed by atoms with Crippen molar-refractivity contribution in [2.45, 2.75) is 39.0 Å². The number of aryl methyl sites for hydroxylation is 1. The van der Waals surface area contributed by atoms with Gasteiger partial charge < -0.3 is 10.2 Å². The van der Waals surface area contributed by atoms with Crippen molar-refractivity contribution in [1.29, 1.82) is 0 Å². The van der Waals surface area contributed by atoms with Crippen LogP contribution in [0.5, 0.6) is 0 Å². The predicted molar refractivity (Wildman–Crippen MR) is 96.9 cm³/mol. The van der Waals surface area contributed by atoms with Gasteiger partial charge in [0, 0.05) is 13.1 Å². The van der Waals surface area contributed by atoms with Crippen molar-refractivity contribution < 1.29 is 4.79 Å². The van der Waals surface area contributed by atoms with Gasteiger partial charge in [-0.1, -0.05) is 37.3 Å². The second-order valence-electron chi connectivity index (χ2n) is 7.44. The molecule has 128 valence electrons. The van der Waals surface area contributed by atoms with E-state index < -0.39 is 0 Å². The van der Waals surface area contributed by atoms with E-state index in [2.05, 4.69) is 47.5 Å². The number of amides is 1. The van der Waals surface area contributed by atoms with Gasteiger partial charge in [0.15, 0.2) is 0 Å². The number of benzene rings is 1. The Morgan fingerprint density at radius 2 is 2.04 bits per heavy atom. The number of carbonyl (C=O) groups excluding carboxylic acids is 1. The highest BCUT2D eigenvalue weighted by Gasteiger charge is 2.35. The van der Waals surface area contributed by atoms with Crippen molar-refractivity contribution >= 4 is 18.3 Å². The number of nitrogens with one attached hydrogen (secondary N) is 1. The van der Waals surface area contributed by atoms with Crippen LogP contribution in [0.25, 0.3) is 0 Å². The first-order valence-electron chi connectivity index (χ1n) is 8.67. The molecule has 1 atom stereocenters. The average molecular weight is 337 g/mol. The molecule has 1 amide bonds. The van der Waals surface area contributed by atoms with Gasteiger partial charge in [0.2, 0.25) is 5.91 Å². The summed E-state index contributed by atoms with van der Waals surface area (Å²) in [5.74, 6) is 1.12. The van der Waals surface area contributed by atoms with E-state index in [1.165, 1.54) is 18.4 Å². The van der Waals surface area contributed by atoms with Gasteiger partial charge in [-0.3, -0.25) is 4.79 Å². The van der Waals surface area contributed by atoms with Crippen LogP contribution in [-0.2, 0) is 11.2 Å². The second kappa shape index (κ2) is 8.16. The Hall–Kier alpha value is -1.06. The summed E-state index contributed by atoms with van der Waals surface area (Å²) in [4.78, 5) is 14.3. The quantitative estimate of drug-likeness (QED) is 0.828. The van der Waals surface area contributed by atoms with Crippen molar-refractivity contribution in [3.05, 3.63) is 35.9 Å². The second-order valence-corrected chi connectivity index (χ2v) is 7.44. The number of carbonyl (C=O) groups is 1. The molecule has 3 nitrogen and oxygen atoms in total. The van der Waals surface area contributed by atoms with Gasteiger partial charge in [0.1, 0.15) is 0 Å². The van der Waals surface area contributed by atoms with Crippen molar-refractivity contribution in [3.63, 3.8) is 0 Å². The lowest BCUT2D eigenvalue weighted by molar-refractivity contribution is -0.129. The van der Waals surface area contributed by atoms with E-state index in [0.717, 1.165) is 44.8 Å². The van der Waals surface area contributed by atoms with Crippen LogP contribution in [0.3, 0.4) is 0 Å². The third-order valence-corrected chi connectivity index (χ3v) is 5.18. The normalized spacial score (nSPS) is 23.6. The minimum Gasteiger partial charge on any atom is -0.341 e. The van der Waals surface area contributed by atoms with Gasteiger partial charge in [0.05, 0.1) is 6.54 Å². The maximum absolute atomic E-state index is 12.3. The van der Waals surface area contributed by atoms with Crippen LogP contribution in [0.15, 0.2) is 30.3 Å². The first kappa shape index (κ1) is 18.3. The molecule has 1 saturated heterocycles. The zero-order valence-corrected chi connectivity index (χ0v) is 14.9. The van der Waals surface area contributed by atoms with Gasteiger partial charge in [-0.25, -0.2) is 0 Å². The molecular formula is C19H29ClN2O. The molecule has 1 unspecified atom stereocenters. The van der Waals surface area contributed by atoms with E-state index in [9.17, 15) is 4.79 Å². The van der Waals surface area contributed by atoms with Crippen LogP contribution >= 0.6 is 12.4 Å². The number of hydrogen-bond acceptors (Lipinski definition) is 2. The van der Waals surface area contributed by atoms with Gasteiger partial charge in [-0.2, -0.15) is 0 Å². The van der Waals surface area contributed by atoms with Crippen LogP contribution in [0.1, 0.15) is 38.2 Å². The van der Waals surface area contributed by atoms with Crippen LogP contribution in [0.4, 0.5) is 0 Å². The molecular weight excluding hydrogens is 308 g/mol. The maximum Gasteiger partial charge on any atom is 0.236 e. The number of nitrogens with zero attached hydrogens (tertiary/aromatic N) is 1. The Kier molecular flexibility index (Phi) is 6.49. The molecule has 1 N–H and O–H groups in total. The molecule has 1 aliphatic carbocycles. The number of rotatable bonds is 7. The monoisotopic (exact) mass is 336 g/mol. The maximum atomic E-state index is 12.3. The minimum atomic E-state index is 0. The standard InChI is InChI=1S/C19H28N2O.ClH/c1-19(10-9-16-5-3-2-4-6-16)11-12-21(15-19)18(22)14-20-13-17-7-8-17;/h2-6,17,20H,7-15H2,1H3;1H. The highest BCUT2D eigenvalue weighted by Crippen LogP contribution is 2.34. The fourth-order valence-corrected chi connectivity index (χ4v) is 3.35. The minimum absolute atomic E-state index is 0. The van der Waals surface area contributed by atoms with E-state index >= 15 is 0 Å². The third kappa shape index (κ3) is 5.50. The molecule has 2 fully saturated rings. The Morgan fingerprint density at radius 3 is 2.74 bits per heavy atom. The number of hydrogen-bond donors (Lipinski definition) is 1. The van der Waals surface area contributed by atoms with E-state index in [-0.39, 0.29) is 23.7 Å². The Labute approximate surface area is 146 Å². The molecule has 2 aliphatic rings. The highest BCUT2D eigenvalue weighted by molar-refractivity contribution is 5.85. The fraction of sp³-hybridized carbons (Fsp3) is 0.632. The Morgan fingerprint density at radius 1 is 1.30 bits per heavy atom. The average Bonchev–Trinajstić information content (AvgIpc) is 3.27. The lowest BCUT2D eigenvalue weighted by Crippen LogP contribution is -2.38. The molecule has 0 aromatic heterocycles. The van der Waals surface area contributed by atoms with Gasteiger partial charge in [-0.05, 0) is 55.5 Å². The first-order valence-corrected chi connectivity index (χ1v) is 8.67. The van der Waals surface area contributed by atoms with Gasteiger partial charge in [0.25, 0.3) is 0 Å². The fourth-order valence-electron chi connectivity index (χ4n) is 3.35. The molecule has 3 rings (SSSR count). The predicted octanol–water partition coefficient (Wildman–Crippen LogP) is 3.28. The molecule has 0 radical (unpaired) electrons. The topological polar surface area (TPSA) is 32.3 Å².